The van der Waals surface area contributed by atoms with E-state index in [-0.39, 0.29) is 5.02 Å². The zero-order valence-corrected chi connectivity index (χ0v) is 18.0. The van der Waals surface area contributed by atoms with Gasteiger partial charge in [0.15, 0.2) is 5.92 Å². The first kappa shape index (κ1) is 20.6. The number of carbonyl (C=O) groups is 2. The summed E-state index contributed by atoms with van der Waals surface area (Å²) in [6, 6.07) is 10.7. The summed E-state index contributed by atoms with van der Waals surface area (Å²) >= 11 is 12.6. The Morgan fingerprint density at radius 3 is 2.40 bits per heavy atom. The zero-order chi connectivity index (χ0) is 21.6. The highest BCUT2D eigenvalue weighted by Crippen LogP contribution is 2.46. The first-order valence-electron chi connectivity index (χ1n) is 9.26. The molecule has 0 bridgehead atoms. The molecule has 0 aliphatic carbocycles. The average molecular weight is 448 g/mol. The van der Waals surface area contributed by atoms with Crippen LogP contribution in [0.3, 0.4) is 0 Å². The molecule has 0 spiro atoms. The number of para-hydroxylation sites is 1. The van der Waals surface area contributed by atoms with E-state index < -0.39 is 29.6 Å². The van der Waals surface area contributed by atoms with Gasteiger partial charge in [0.25, 0.3) is 5.79 Å². The van der Waals surface area contributed by atoms with Crippen molar-refractivity contribution in [3.8, 4) is 5.75 Å². The van der Waals surface area contributed by atoms with Crippen molar-refractivity contribution in [2.75, 3.05) is 7.11 Å². The highest BCUT2D eigenvalue weighted by molar-refractivity contribution is 6.35. The molecule has 0 saturated carbocycles. The van der Waals surface area contributed by atoms with E-state index in [1.54, 1.807) is 18.3 Å². The van der Waals surface area contributed by atoms with Crippen molar-refractivity contribution in [2.24, 2.45) is 5.92 Å². The van der Waals surface area contributed by atoms with Gasteiger partial charge < -0.3 is 19.2 Å². The molecule has 4 rings (SSSR count). The number of cyclic esters (lactones) is 2. The van der Waals surface area contributed by atoms with Gasteiger partial charge in [-0.1, -0.05) is 41.4 Å². The van der Waals surface area contributed by atoms with E-state index in [9.17, 15) is 9.59 Å². The van der Waals surface area contributed by atoms with Gasteiger partial charge in [0, 0.05) is 47.5 Å². The molecule has 1 saturated heterocycles. The van der Waals surface area contributed by atoms with Crippen molar-refractivity contribution in [3.05, 3.63) is 63.8 Å². The molecule has 8 heteroatoms. The third kappa shape index (κ3) is 3.50. The number of esters is 2. The van der Waals surface area contributed by atoms with Crippen LogP contribution < -0.4 is 4.74 Å². The minimum absolute atomic E-state index is 0.266. The highest BCUT2D eigenvalue weighted by Gasteiger charge is 2.49. The summed E-state index contributed by atoms with van der Waals surface area (Å²) in [7, 11) is 1.46. The number of H-pyrrole nitrogens is 1. The minimum atomic E-state index is -1.34. The number of halogens is 2. The van der Waals surface area contributed by atoms with Crippen LogP contribution in [0.1, 0.15) is 30.9 Å². The number of carbonyl (C=O) groups excluding carboxylic acids is 2. The maximum atomic E-state index is 13.0. The lowest BCUT2D eigenvalue weighted by atomic mass is 9.79. The Balaban J connectivity index is 1.98. The fourth-order valence-corrected chi connectivity index (χ4v) is 4.49. The summed E-state index contributed by atoms with van der Waals surface area (Å²) in [5, 5.41) is 1.45. The van der Waals surface area contributed by atoms with Crippen LogP contribution in [0.4, 0.5) is 0 Å². The monoisotopic (exact) mass is 447 g/mol. The molecule has 1 aliphatic heterocycles. The van der Waals surface area contributed by atoms with Crippen LogP contribution in [0, 0.1) is 5.92 Å². The van der Waals surface area contributed by atoms with Gasteiger partial charge in [-0.3, -0.25) is 9.59 Å². The summed E-state index contributed by atoms with van der Waals surface area (Å²) in [4.78, 5) is 29.2. The maximum Gasteiger partial charge on any atom is 0.324 e. The predicted molar refractivity (Wildman–Crippen MR) is 113 cm³/mol. The van der Waals surface area contributed by atoms with Crippen molar-refractivity contribution in [2.45, 2.75) is 25.6 Å². The van der Waals surface area contributed by atoms with Gasteiger partial charge in [0.1, 0.15) is 5.75 Å². The lowest BCUT2D eigenvalue weighted by Crippen LogP contribution is -2.48. The largest absolute Gasteiger partial charge is 0.495 e. The number of aromatic amines is 1. The number of aromatic nitrogens is 1. The summed E-state index contributed by atoms with van der Waals surface area (Å²) in [6.07, 6.45) is 1.75. The quantitative estimate of drug-likeness (QED) is 0.446. The number of hydrogen-bond acceptors (Lipinski definition) is 5. The number of nitrogens with one attached hydrogen (secondary N) is 1. The van der Waals surface area contributed by atoms with E-state index in [4.69, 9.17) is 37.4 Å². The van der Waals surface area contributed by atoms with Gasteiger partial charge in [0.2, 0.25) is 0 Å². The first-order valence-corrected chi connectivity index (χ1v) is 10.0. The average Bonchev–Trinajstić information content (AvgIpc) is 3.07. The molecule has 0 unspecified atom stereocenters. The Kier molecular flexibility index (Phi) is 5.16. The van der Waals surface area contributed by atoms with E-state index in [1.807, 2.05) is 24.3 Å². The van der Waals surface area contributed by atoms with Crippen LogP contribution in [0.2, 0.25) is 10.0 Å². The summed E-state index contributed by atoms with van der Waals surface area (Å²) in [5.41, 5.74) is 2.03. The number of benzene rings is 2. The maximum absolute atomic E-state index is 13.0. The van der Waals surface area contributed by atoms with Crippen LogP contribution in [0.25, 0.3) is 10.9 Å². The molecule has 0 radical (unpaired) electrons. The SMILES string of the molecule is COc1c(Cl)cc(Cl)cc1[C@H](c1c[nH]c2ccccc12)C1C(=O)OC(C)(C)OC1=O. The lowest BCUT2D eigenvalue weighted by Gasteiger charge is -2.36. The molecular weight excluding hydrogens is 429 g/mol. The standard InChI is InChI=1S/C22H19Cl2NO5/c1-22(2)29-20(26)18(21(27)30-22)17(13-8-11(23)9-15(24)19(13)28-3)14-10-25-16-7-5-4-6-12(14)16/h4-10,17-18,25H,1-3H3/t17-/m1/s1. The number of fused-ring (bicyclic) bond motifs is 1. The van der Waals surface area contributed by atoms with E-state index in [0.29, 0.717) is 21.9 Å². The Labute approximate surface area is 183 Å². The molecule has 1 aliphatic rings. The van der Waals surface area contributed by atoms with Gasteiger partial charge in [-0.25, -0.2) is 0 Å². The van der Waals surface area contributed by atoms with Gasteiger partial charge in [0.05, 0.1) is 12.1 Å². The van der Waals surface area contributed by atoms with Gasteiger partial charge in [-0.15, -0.1) is 0 Å². The van der Waals surface area contributed by atoms with Crippen molar-refractivity contribution >= 4 is 46.0 Å². The number of ether oxygens (including phenoxy) is 3. The third-order valence-corrected chi connectivity index (χ3v) is 5.57. The minimum Gasteiger partial charge on any atom is -0.495 e. The molecule has 6 nitrogen and oxygen atoms in total. The summed E-state index contributed by atoms with van der Waals surface area (Å²) < 4.78 is 16.3. The fraction of sp³-hybridized carbons (Fsp3) is 0.273. The van der Waals surface area contributed by atoms with Crippen LogP contribution in [-0.4, -0.2) is 29.8 Å². The summed E-state index contributed by atoms with van der Waals surface area (Å²) in [6.45, 7) is 3.02. The summed E-state index contributed by atoms with van der Waals surface area (Å²) in [5.74, 6) is -4.47. The molecule has 3 aromatic rings. The molecule has 2 aromatic carbocycles. The van der Waals surface area contributed by atoms with Crippen molar-refractivity contribution in [1.82, 2.24) is 4.98 Å². The molecule has 1 N–H and O–H groups in total. The first-order chi connectivity index (χ1) is 14.2. The van der Waals surface area contributed by atoms with Crippen molar-refractivity contribution in [1.29, 1.82) is 0 Å². The predicted octanol–water partition coefficient (Wildman–Crippen LogP) is 5.07. The molecular formula is C22H19Cl2NO5. The van der Waals surface area contributed by atoms with Crippen LogP contribution in [0.15, 0.2) is 42.6 Å². The zero-order valence-electron chi connectivity index (χ0n) is 16.5. The second-order valence-corrected chi connectivity index (χ2v) is 8.34. The fourth-order valence-electron chi connectivity index (χ4n) is 3.91. The molecule has 1 atom stereocenters. The number of rotatable bonds is 4. The van der Waals surface area contributed by atoms with E-state index in [0.717, 1.165) is 10.9 Å². The van der Waals surface area contributed by atoms with Gasteiger partial charge in [-0.05, 0) is 23.8 Å². The molecule has 2 heterocycles. The molecule has 156 valence electrons. The molecule has 1 aromatic heterocycles. The van der Waals surface area contributed by atoms with Gasteiger partial charge in [-0.2, -0.15) is 0 Å². The molecule has 0 amide bonds. The van der Waals surface area contributed by atoms with Crippen molar-refractivity contribution in [3.63, 3.8) is 0 Å². The number of methoxy groups -OCH3 is 1. The van der Waals surface area contributed by atoms with Crippen LogP contribution in [-0.2, 0) is 19.1 Å². The Bertz CT molecular complexity index is 1130. The Morgan fingerprint density at radius 1 is 1.07 bits per heavy atom. The van der Waals surface area contributed by atoms with Crippen LogP contribution >= 0.6 is 23.2 Å². The van der Waals surface area contributed by atoms with Crippen LogP contribution in [0.5, 0.6) is 5.75 Å². The second kappa shape index (κ2) is 7.52. The van der Waals surface area contributed by atoms with E-state index >= 15 is 0 Å². The highest BCUT2D eigenvalue weighted by atomic mass is 35.5. The topological polar surface area (TPSA) is 77.6 Å². The van der Waals surface area contributed by atoms with E-state index in [1.165, 1.54) is 21.0 Å². The number of hydrogen-bond donors (Lipinski definition) is 1. The van der Waals surface area contributed by atoms with Gasteiger partial charge >= 0.3 is 11.9 Å². The Morgan fingerprint density at radius 2 is 1.73 bits per heavy atom. The molecule has 30 heavy (non-hydrogen) atoms. The smallest absolute Gasteiger partial charge is 0.324 e. The lowest BCUT2D eigenvalue weighted by molar-refractivity contribution is -0.240. The Hall–Kier alpha value is -2.70. The third-order valence-electron chi connectivity index (χ3n) is 5.07. The van der Waals surface area contributed by atoms with Crippen molar-refractivity contribution < 1.29 is 23.8 Å². The normalized spacial score (nSPS) is 17.5. The molecule has 1 fully saturated rings. The second-order valence-electron chi connectivity index (χ2n) is 7.50. The van der Waals surface area contributed by atoms with E-state index in [2.05, 4.69) is 4.98 Å².